The Balaban J connectivity index is 1.93. The van der Waals surface area contributed by atoms with E-state index in [9.17, 15) is 0 Å². The van der Waals surface area contributed by atoms with Gasteiger partial charge in [0.25, 0.3) is 0 Å². The third-order valence-corrected chi connectivity index (χ3v) is 2.94. The number of hydrogen-bond donors (Lipinski definition) is 3. The minimum atomic E-state index is 0.382. The fourth-order valence-electron chi connectivity index (χ4n) is 2.01. The molecule has 0 aliphatic rings. The predicted molar refractivity (Wildman–Crippen MR) is 77.9 cm³/mol. The van der Waals surface area contributed by atoms with Gasteiger partial charge in [-0.05, 0) is 18.2 Å². The first-order chi connectivity index (χ1) is 9.76. The van der Waals surface area contributed by atoms with Crippen molar-refractivity contribution in [3.05, 3.63) is 42.2 Å². The molecule has 2 aromatic heterocycles. The summed E-state index contributed by atoms with van der Waals surface area (Å²) >= 11 is 0. The molecule has 0 saturated heterocycles. The summed E-state index contributed by atoms with van der Waals surface area (Å²) in [5.74, 6) is 6.51. The lowest BCUT2D eigenvalue weighted by atomic mass is 10.2. The van der Waals surface area contributed by atoms with Crippen LogP contribution in [-0.2, 0) is 13.6 Å². The second-order valence-electron chi connectivity index (χ2n) is 4.39. The van der Waals surface area contributed by atoms with Crippen LogP contribution in [0, 0.1) is 0 Å². The van der Waals surface area contributed by atoms with Gasteiger partial charge in [-0.1, -0.05) is 12.1 Å². The molecule has 0 unspecified atom stereocenters. The molecule has 2 heterocycles. The average Bonchev–Trinajstić information content (AvgIpc) is 2.90. The molecule has 0 bridgehead atoms. The van der Waals surface area contributed by atoms with Crippen molar-refractivity contribution in [2.24, 2.45) is 12.9 Å². The summed E-state index contributed by atoms with van der Waals surface area (Å²) < 4.78 is 1.77. The van der Waals surface area contributed by atoms with Gasteiger partial charge in [0, 0.05) is 18.6 Å². The van der Waals surface area contributed by atoms with Crippen LogP contribution in [0.15, 0.2) is 36.5 Å². The standard InChI is InChI=1S/C13H15N7/c1-20-7-6-9(19-20)8-15-12-10-4-2-3-5-11(10)16-13(17-12)18-14/h2-7H,8,14H2,1H3,(H2,15,16,17,18). The van der Waals surface area contributed by atoms with Gasteiger partial charge in [-0.25, -0.2) is 10.8 Å². The third kappa shape index (κ3) is 2.39. The van der Waals surface area contributed by atoms with Crippen molar-refractivity contribution in [2.75, 3.05) is 10.7 Å². The molecule has 0 atom stereocenters. The van der Waals surface area contributed by atoms with Gasteiger partial charge >= 0.3 is 0 Å². The zero-order valence-electron chi connectivity index (χ0n) is 11.0. The molecule has 0 radical (unpaired) electrons. The smallest absolute Gasteiger partial charge is 0.239 e. The number of nitrogen functional groups attached to an aromatic ring is 1. The molecule has 0 spiro atoms. The molecule has 1 aromatic carbocycles. The number of hydrazine groups is 1. The highest BCUT2D eigenvalue weighted by Crippen LogP contribution is 2.21. The maximum atomic E-state index is 5.40. The van der Waals surface area contributed by atoms with Crippen LogP contribution in [0.25, 0.3) is 10.9 Å². The molecule has 4 N–H and O–H groups in total. The molecule has 3 aromatic rings. The van der Waals surface area contributed by atoms with Crippen LogP contribution in [0.2, 0.25) is 0 Å². The zero-order valence-corrected chi connectivity index (χ0v) is 11.0. The van der Waals surface area contributed by atoms with Gasteiger partial charge in [0.05, 0.1) is 17.8 Å². The van der Waals surface area contributed by atoms with Crippen LogP contribution >= 0.6 is 0 Å². The van der Waals surface area contributed by atoms with Crippen molar-refractivity contribution >= 4 is 22.7 Å². The topological polar surface area (TPSA) is 93.7 Å². The molecule has 7 nitrogen and oxygen atoms in total. The van der Waals surface area contributed by atoms with Crippen molar-refractivity contribution < 1.29 is 0 Å². The van der Waals surface area contributed by atoms with E-state index < -0.39 is 0 Å². The number of nitrogens with one attached hydrogen (secondary N) is 2. The fourth-order valence-corrected chi connectivity index (χ4v) is 2.01. The normalized spacial score (nSPS) is 10.7. The minimum Gasteiger partial charge on any atom is -0.364 e. The van der Waals surface area contributed by atoms with E-state index in [0.29, 0.717) is 12.5 Å². The van der Waals surface area contributed by atoms with Gasteiger partial charge in [0.2, 0.25) is 5.95 Å². The first-order valence-electron chi connectivity index (χ1n) is 6.22. The van der Waals surface area contributed by atoms with E-state index in [-0.39, 0.29) is 0 Å². The summed E-state index contributed by atoms with van der Waals surface area (Å²) in [5.41, 5.74) is 4.25. The van der Waals surface area contributed by atoms with Crippen LogP contribution in [0.1, 0.15) is 5.69 Å². The van der Waals surface area contributed by atoms with Crippen LogP contribution in [-0.4, -0.2) is 19.7 Å². The molecule has 0 amide bonds. The lowest BCUT2D eigenvalue weighted by molar-refractivity contribution is 0.747. The first kappa shape index (κ1) is 12.4. The Kier molecular flexibility index (Phi) is 3.18. The molecule has 7 heteroatoms. The lowest BCUT2D eigenvalue weighted by Crippen LogP contribution is -2.12. The summed E-state index contributed by atoms with van der Waals surface area (Å²) in [4.78, 5) is 8.65. The molecule has 102 valence electrons. The number of fused-ring (bicyclic) bond motifs is 1. The van der Waals surface area contributed by atoms with Crippen molar-refractivity contribution in [1.82, 2.24) is 19.7 Å². The second-order valence-corrected chi connectivity index (χ2v) is 4.39. The third-order valence-electron chi connectivity index (χ3n) is 2.94. The Morgan fingerprint density at radius 2 is 2.05 bits per heavy atom. The summed E-state index contributed by atoms with van der Waals surface area (Å²) in [7, 11) is 1.89. The van der Waals surface area contributed by atoms with E-state index >= 15 is 0 Å². The van der Waals surface area contributed by atoms with E-state index in [0.717, 1.165) is 22.4 Å². The molecule has 3 rings (SSSR count). The van der Waals surface area contributed by atoms with Gasteiger partial charge in [0.15, 0.2) is 0 Å². The zero-order chi connectivity index (χ0) is 13.9. The Hall–Kier alpha value is -2.67. The molecule has 0 saturated carbocycles. The number of para-hydroxylation sites is 1. The van der Waals surface area contributed by atoms with E-state index in [4.69, 9.17) is 5.84 Å². The van der Waals surface area contributed by atoms with Gasteiger partial charge in [-0.2, -0.15) is 10.1 Å². The van der Waals surface area contributed by atoms with Crippen LogP contribution < -0.4 is 16.6 Å². The van der Waals surface area contributed by atoms with Crippen molar-refractivity contribution in [3.8, 4) is 0 Å². The van der Waals surface area contributed by atoms with Crippen LogP contribution in [0.5, 0.6) is 0 Å². The summed E-state index contributed by atoms with van der Waals surface area (Å²) in [6.07, 6.45) is 1.90. The Morgan fingerprint density at radius 3 is 2.80 bits per heavy atom. The number of nitrogens with zero attached hydrogens (tertiary/aromatic N) is 4. The van der Waals surface area contributed by atoms with E-state index in [2.05, 4.69) is 25.8 Å². The molecule has 0 aliphatic heterocycles. The summed E-state index contributed by atoms with van der Waals surface area (Å²) in [6.45, 7) is 0.589. The Morgan fingerprint density at radius 1 is 1.20 bits per heavy atom. The SMILES string of the molecule is Cn1ccc(CNc2nc(NN)nc3ccccc23)n1. The maximum absolute atomic E-state index is 5.40. The number of hydrogen-bond acceptors (Lipinski definition) is 6. The minimum absolute atomic E-state index is 0.382. The fraction of sp³-hybridized carbons (Fsp3) is 0.154. The van der Waals surface area contributed by atoms with Crippen LogP contribution in [0.4, 0.5) is 11.8 Å². The predicted octanol–water partition coefficient (Wildman–Crippen LogP) is 1.26. The quantitative estimate of drug-likeness (QED) is 0.487. The summed E-state index contributed by atoms with van der Waals surface area (Å²) in [6, 6.07) is 9.73. The van der Waals surface area contributed by atoms with Gasteiger partial charge in [-0.15, -0.1) is 0 Å². The monoisotopic (exact) mass is 269 g/mol. The molecule has 0 aliphatic carbocycles. The number of benzene rings is 1. The number of rotatable bonds is 4. The van der Waals surface area contributed by atoms with Gasteiger partial charge in [0.1, 0.15) is 5.82 Å². The largest absolute Gasteiger partial charge is 0.364 e. The number of anilines is 2. The number of aryl methyl sites for hydroxylation is 1. The molecule has 20 heavy (non-hydrogen) atoms. The van der Waals surface area contributed by atoms with Crippen molar-refractivity contribution in [1.29, 1.82) is 0 Å². The summed E-state index contributed by atoms with van der Waals surface area (Å²) in [5, 5.41) is 8.54. The van der Waals surface area contributed by atoms with Gasteiger partial charge < -0.3 is 5.32 Å². The average molecular weight is 269 g/mol. The molecule has 0 fully saturated rings. The van der Waals surface area contributed by atoms with Crippen LogP contribution in [0.3, 0.4) is 0 Å². The second kappa shape index (κ2) is 5.14. The Labute approximate surface area is 115 Å². The Bertz CT molecular complexity index is 734. The lowest BCUT2D eigenvalue weighted by Gasteiger charge is -2.09. The first-order valence-corrected chi connectivity index (χ1v) is 6.22. The highest BCUT2D eigenvalue weighted by atomic mass is 15.3. The number of nitrogens with two attached hydrogens (primary N) is 1. The van der Waals surface area contributed by atoms with Crippen molar-refractivity contribution in [2.45, 2.75) is 6.54 Å². The van der Waals surface area contributed by atoms with E-state index in [1.165, 1.54) is 0 Å². The maximum Gasteiger partial charge on any atom is 0.239 e. The van der Waals surface area contributed by atoms with Crippen molar-refractivity contribution in [3.63, 3.8) is 0 Å². The van der Waals surface area contributed by atoms with Gasteiger partial charge in [-0.3, -0.25) is 10.1 Å². The molecular weight excluding hydrogens is 254 g/mol. The molecular formula is C13H15N7. The van der Waals surface area contributed by atoms with E-state index in [1.54, 1.807) is 4.68 Å². The number of aromatic nitrogens is 4. The highest BCUT2D eigenvalue weighted by Gasteiger charge is 2.07. The highest BCUT2D eigenvalue weighted by molar-refractivity contribution is 5.89. The van der Waals surface area contributed by atoms with E-state index in [1.807, 2.05) is 43.6 Å².